The van der Waals surface area contributed by atoms with Crippen LogP contribution in [0.15, 0.2) is 11.6 Å². The quantitative estimate of drug-likeness (QED) is 0.695. The Hall–Kier alpha value is -1.32. The smallest absolute Gasteiger partial charge is 0.321 e. The van der Waals surface area contributed by atoms with E-state index in [1.165, 1.54) is 0 Å². The second-order valence-corrected chi connectivity index (χ2v) is 3.87. The first-order valence-corrected chi connectivity index (χ1v) is 5.33. The van der Waals surface area contributed by atoms with Crippen molar-refractivity contribution in [3.63, 3.8) is 0 Å². The summed E-state index contributed by atoms with van der Waals surface area (Å²) in [5.41, 5.74) is 0.481. The molecular weight excluding hydrogens is 192 g/mol. The van der Waals surface area contributed by atoms with Gasteiger partial charge in [0.15, 0.2) is 0 Å². The van der Waals surface area contributed by atoms with Crippen molar-refractivity contribution in [1.82, 2.24) is 10.6 Å². The zero-order valence-electron chi connectivity index (χ0n) is 9.52. The molecule has 0 saturated carbocycles. The first-order chi connectivity index (χ1) is 7.06. The first kappa shape index (κ1) is 11.8. The Morgan fingerprint density at radius 2 is 2.13 bits per heavy atom. The van der Waals surface area contributed by atoms with Crippen molar-refractivity contribution in [3.8, 4) is 0 Å². The largest absolute Gasteiger partial charge is 0.336 e. The average Bonchev–Trinajstić information content (AvgIpc) is 2.19. The molecule has 0 aromatic carbocycles. The van der Waals surface area contributed by atoms with E-state index in [2.05, 4.69) is 10.6 Å². The summed E-state index contributed by atoms with van der Waals surface area (Å²) in [6, 6.07) is -0.395. The summed E-state index contributed by atoms with van der Waals surface area (Å²) in [5.74, 6) is -0.184. The van der Waals surface area contributed by atoms with Crippen LogP contribution in [0.5, 0.6) is 0 Å². The Morgan fingerprint density at radius 1 is 1.47 bits per heavy atom. The molecule has 1 unspecified atom stereocenters. The summed E-state index contributed by atoms with van der Waals surface area (Å²) in [4.78, 5) is 22.9. The third-order valence-corrected chi connectivity index (χ3v) is 3.08. The fraction of sp³-hybridized carbons (Fsp3) is 0.636. The third kappa shape index (κ3) is 2.03. The molecule has 0 aromatic heterocycles. The van der Waals surface area contributed by atoms with Gasteiger partial charge in [-0.3, -0.25) is 10.1 Å². The van der Waals surface area contributed by atoms with Gasteiger partial charge in [0, 0.05) is 6.54 Å². The number of urea groups is 1. The second kappa shape index (κ2) is 4.47. The molecule has 1 rings (SSSR count). The summed E-state index contributed by atoms with van der Waals surface area (Å²) >= 11 is 0. The van der Waals surface area contributed by atoms with Gasteiger partial charge in [0.05, 0.1) is 5.41 Å². The predicted octanol–water partition coefficient (Wildman–Crippen LogP) is 1.58. The Kier molecular flexibility index (Phi) is 3.50. The van der Waals surface area contributed by atoms with Crippen LogP contribution < -0.4 is 10.6 Å². The van der Waals surface area contributed by atoms with E-state index in [-0.39, 0.29) is 5.91 Å². The number of imide groups is 1. The third-order valence-electron chi connectivity index (χ3n) is 3.08. The van der Waals surface area contributed by atoms with E-state index < -0.39 is 11.4 Å². The molecule has 1 atom stereocenters. The van der Waals surface area contributed by atoms with E-state index in [0.717, 1.165) is 12.0 Å². The van der Waals surface area contributed by atoms with Gasteiger partial charge in [0.2, 0.25) is 5.91 Å². The van der Waals surface area contributed by atoms with Gasteiger partial charge in [-0.2, -0.15) is 0 Å². The summed E-state index contributed by atoms with van der Waals surface area (Å²) in [6.45, 7) is 6.34. The minimum Gasteiger partial charge on any atom is -0.336 e. The molecule has 0 aromatic rings. The SMILES string of the molecule is CCC=C(C)C1(CC)CNC(=O)NC1=O. The van der Waals surface area contributed by atoms with Gasteiger partial charge in [0.25, 0.3) is 0 Å². The Balaban J connectivity index is 2.99. The maximum Gasteiger partial charge on any atom is 0.321 e. The van der Waals surface area contributed by atoms with Gasteiger partial charge >= 0.3 is 6.03 Å². The molecule has 0 radical (unpaired) electrons. The molecule has 1 heterocycles. The highest BCUT2D eigenvalue weighted by Crippen LogP contribution is 2.32. The van der Waals surface area contributed by atoms with Crippen molar-refractivity contribution < 1.29 is 9.59 Å². The number of rotatable bonds is 3. The minimum absolute atomic E-state index is 0.184. The Labute approximate surface area is 90.1 Å². The van der Waals surface area contributed by atoms with Crippen LogP contribution in [-0.4, -0.2) is 18.5 Å². The number of carbonyl (C=O) groups is 2. The van der Waals surface area contributed by atoms with Crippen LogP contribution in [-0.2, 0) is 4.79 Å². The van der Waals surface area contributed by atoms with Crippen LogP contribution in [0.2, 0.25) is 0 Å². The van der Waals surface area contributed by atoms with Crippen LogP contribution >= 0.6 is 0 Å². The van der Waals surface area contributed by atoms with Crippen molar-refractivity contribution in [1.29, 1.82) is 0 Å². The standard InChI is InChI=1S/C11H18N2O2/c1-4-6-8(3)11(5-2)7-12-10(15)13-9(11)14/h6H,4-5,7H2,1-3H3,(H2,12,13,14,15). The summed E-state index contributed by atoms with van der Waals surface area (Å²) in [7, 11) is 0. The molecule has 2 N–H and O–H groups in total. The summed E-state index contributed by atoms with van der Waals surface area (Å²) in [6.07, 6.45) is 3.64. The van der Waals surface area contributed by atoms with E-state index >= 15 is 0 Å². The van der Waals surface area contributed by atoms with E-state index in [9.17, 15) is 9.59 Å². The molecule has 15 heavy (non-hydrogen) atoms. The van der Waals surface area contributed by atoms with E-state index in [4.69, 9.17) is 0 Å². The summed E-state index contributed by atoms with van der Waals surface area (Å²) in [5, 5.41) is 5.01. The van der Waals surface area contributed by atoms with Crippen LogP contribution in [0.1, 0.15) is 33.6 Å². The molecular formula is C11H18N2O2. The van der Waals surface area contributed by atoms with Crippen molar-refractivity contribution >= 4 is 11.9 Å². The molecule has 1 aliphatic heterocycles. The zero-order chi connectivity index (χ0) is 11.5. The molecule has 0 bridgehead atoms. The molecule has 84 valence electrons. The predicted molar refractivity (Wildman–Crippen MR) is 58.3 cm³/mol. The van der Waals surface area contributed by atoms with Crippen LogP contribution in [0.3, 0.4) is 0 Å². The van der Waals surface area contributed by atoms with Crippen molar-refractivity contribution in [2.75, 3.05) is 6.54 Å². The van der Waals surface area contributed by atoms with E-state index in [0.29, 0.717) is 13.0 Å². The van der Waals surface area contributed by atoms with Crippen molar-refractivity contribution in [2.24, 2.45) is 5.41 Å². The lowest BCUT2D eigenvalue weighted by Gasteiger charge is -2.36. The number of carbonyl (C=O) groups excluding carboxylic acids is 2. The Morgan fingerprint density at radius 3 is 2.60 bits per heavy atom. The monoisotopic (exact) mass is 210 g/mol. The minimum atomic E-state index is -0.552. The van der Waals surface area contributed by atoms with Crippen LogP contribution in [0.25, 0.3) is 0 Å². The van der Waals surface area contributed by atoms with Crippen LogP contribution in [0.4, 0.5) is 4.79 Å². The Bertz CT molecular complexity index is 310. The molecule has 0 aliphatic carbocycles. The number of hydrogen-bond donors (Lipinski definition) is 2. The van der Waals surface area contributed by atoms with E-state index in [1.54, 1.807) is 0 Å². The number of allylic oxidation sites excluding steroid dienone is 1. The second-order valence-electron chi connectivity index (χ2n) is 3.87. The molecule has 1 aliphatic rings. The lowest BCUT2D eigenvalue weighted by atomic mass is 9.76. The van der Waals surface area contributed by atoms with Crippen molar-refractivity contribution in [2.45, 2.75) is 33.6 Å². The van der Waals surface area contributed by atoms with Gasteiger partial charge in [-0.15, -0.1) is 0 Å². The summed E-state index contributed by atoms with van der Waals surface area (Å²) < 4.78 is 0. The van der Waals surface area contributed by atoms with Gasteiger partial charge in [-0.05, 0) is 19.8 Å². The van der Waals surface area contributed by atoms with Gasteiger partial charge in [-0.1, -0.05) is 25.5 Å². The molecule has 4 nitrogen and oxygen atoms in total. The lowest BCUT2D eigenvalue weighted by molar-refractivity contribution is -0.128. The number of nitrogens with one attached hydrogen (secondary N) is 2. The molecule has 0 spiro atoms. The normalized spacial score (nSPS) is 27.3. The highest BCUT2D eigenvalue weighted by atomic mass is 16.2. The average molecular weight is 210 g/mol. The fourth-order valence-corrected chi connectivity index (χ4v) is 1.96. The number of hydrogen-bond acceptors (Lipinski definition) is 2. The van der Waals surface area contributed by atoms with Crippen LogP contribution in [0, 0.1) is 5.41 Å². The lowest BCUT2D eigenvalue weighted by Crippen LogP contribution is -2.59. The first-order valence-electron chi connectivity index (χ1n) is 5.33. The maximum atomic E-state index is 11.9. The molecule has 3 amide bonds. The maximum absolute atomic E-state index is 11.9. The van der Waals surface area contributed by atoms with Gasteiger partial charge in [-0.25, -0.2) is 4.79 Å². The fourth-order valence-electron chi connectivity index (χ4n) is 1.96. The van der Waals surface area contributed by atoms with Gasteiger partial charge < -0.3 is 5.32 Å². The van der Waals surface area contributed by atoms with E-state index in [1.807, 2.05) is 26.8 Å². The van der Waals surface area contributed by atoms with Crippen molar-refractivity contribution in [3.05, 3.63) is 11.6 Å². The number of amides is 3. The molecule has 1 saturated heterocycles. The molecule has 4 heteroatoms. The topological polar surface area (TPSA) is 58.2 Å². The molecule has 1 fully saturated rings. The highest BCUT2D eigenvalue weighted by Gasteiger charge is 2.42. The van der Waals surface area contributed by atoms with Gasteiger partial charge in [0.1, 0.15) is 0 Å². The zero-order valence-corrected chi connectivity index (χ0v) is 9.52. The highest BCUT2D eigenvalue weighted by molar-refractivity contribution is 6.01.